The first-order valence-electron chi connectivity index (χ1n) is 8.04. The van der Waals surface area contributed by atoms with Gasteiger partial charge in [0.05, 0.1) is 5.52 Å². The molecule has 3 aromatic rings. The molecule has 0 aliphatic heterocycles. The summed E-state index contributed by atoms with van der Waals surface area (Å²) in [7, 11) is 6.01. The SMILES string of the molecule is CNc1ccnc(Nc2ccc3cn(CCCN(C)C)nc3c2)n1. The molecule has 1 aromatic carbocycles. The second kappa shape index (κ2) is 7.27. The van der Waals surface area contributed by atoms with E-state index in [2.05, 4.69) is 57.0 Å². The maximum Gasteiger partial charge on any atom is 0.229 e. The highest BCUT2D eigenvalue weighted by Gasteiger charge is 2.04. The first kappa shape index (κ1) is 16.2. The van der Waals surface area contributed by atoms with E-state index in [4.69, 9.17) is 0 Å². The number of aromatic nitrogens is 4. The molecule has 24 heavy (non-hydrogen) atoms. The van der Waals surface area contributed by atoms with Gasteiger partial charge >= 0.3 is 0 Å². The van der Waals surface area contributed by atoms with Crippen LogP contribution in [0.4, 0.5) is 17.5 Å². The number of rotatable bonds is 7. The summed E-state index contributed by atoms with van der Waals surface area (Å²) < 4.78 is 2.01. The van der Waals surface area contributed by atoms with E-state index < -0.39 is 0 Å². The quantitative estimate of drug-likeness (QED) is 0.696. The first-order chi connectivity index (χ1) is 11.6. The van der Waals surface area contributed by atoms with Crippen molar-refractivity contribution in [3.63, 3.8) is 0 Å². The van der Waals surface area contributed by atoms with Crippen molar-refractivity contribution in [1.29, 1.82) is 0 Å². The van der Waals surface area contributed by atoms with Gasteiger partial charge in [-0.2, -0.15) is 10.1 Å². The number of nitrogens with zero attached hydrogens (tertiary/aromatic N) is 5. The Hall–Kier alpha value is -2.67. The van der Waals surface area contributed by atoms with Gasteiger partial charge in [0, 0.05) is 37.1 Å². The molecule has 2 N–H and O–H groups in total. The van der Waals surface area contributed by atoms with Crippen LogP contribution < -0.4 is 10.6 Å². The molecule has 0 fully saturated rings. The van der Waals surface area contributed by atoms with Crippen molar-refractivity contribution in [2.24, 2.45) is 0 Å². The number of nitrogens with one attached hydrogen (secondary N) is 2. The molecule has 0 amide bonds. The molecule has 0 spiro atoms. The highest BCUT2D eigenvalue weighted by Crippen LogP contribution is 2.20. The van der Waals surface area contributed by atoms with Crippen LogP contribution >= 0.6 is 0 Å². The van der Waals surface area contributed by atoms with Crippen LogP contribution in [0, 0.1) is 0 Å². The van der Waals surface area contributed by atoms with Crippen LogP contribution in [0.15, 0.2) is 36.7 Å². The molecular weight excluding hydrogens is 302 g/mol. The zero-order valence-electron chi connectivity index (χ0n) is 14.3. The Bertz CT molecular complexity index is 810. The Morgan fingerprint density at radius 3 is 2.88 bits per heavy atom. The molecule has 0 unspecified atom stereocenters. The number of benzene rings is 1. The summed E-state index contributed by atoms with van der Waals surface area (Å²) >= 11 is 0. The molecule has 0 aliphatic carbocycles. The molecule has 2 heterocycles. The summed E-state index contributed by atoms with van der Waals surface area (Å²) in [6, 6.07) is 7.93. The Morgan fingerprint density at radius 2 is 2.08 bits per heavy atom. The fourth-order valence-electron chi connectivity index (χ4n) is 2.50. The van der Waals surface area contributed by atoms with Crippen molar-refractivity contribution in [3.05, 3.63) is 36.7 Å². The molecule has 0 saturated carbocycles. The van der Waals surface area contributed by atoms with E-state index in [9.17, 15) is 0 Å². The average molecular weight is 325 g/mol. The second-order valence-corrected chi connectivity index (χ2v) is 5.96. The zero-order valence-corrected chi connectivity index (χ0v) is 14.3. The number of hydrogen-bond donors (Lipinski definition) is 2. The fraction of sp³-hybridized carbons (Fsp3) is 0.353. The summed E-state index contributed by atoms with van der Waals surface area (Å²) in [5.41, 5.74) is 1.89. The van der Waals surface area contributed by atoms with Gasteiger partial charge in [0.1, 0.15) is 5.82 Å². The van der Waals surface area contributed by atoms with Gasteiger partial charge in [-0.25, -0.2) is 4.98 Å². The third-order valence-electron chi connectivity index (χ3n) is 3.72. The largest absolute Gasteiger partial charge is 0.373 e. The van der Waals surface area contributed by atoms with Crippen LogP contribution in [0.5, 0.6) is 0 Å². The summed E-state index contributed by atoms with van der Waals surface area (Å²) in [5, 5.41) is 12.0. The topological polar surface area (TPSA) is 70.9 Å². The Labute approximate surface area is 141 Å². The van der Waals surface area contributed by atoms with Crippen molar-refractivity contribution in [2.45, 2.75) is 13.0 Å². The van der Waals surface area contributed by atoms with Crippen LogP contribution in [-0.2, 0) is 6.54 Å². The summed E-state index contributed by atoms with van der Waals surface area (Å²) in [6.07, 6.45) is 4.89. The molecule has 126 valence electrons. The highest BCUT2D eigenvalue weighted by molar-refractivity contribution is 5.82. The van der Waals surface area contributed by atoms with Crippen LogP contribution in [0.2, 0.25) is 0 Å². The Kier molecular flexibility index (Phi) is 4.90. The molecule has 0 aliphatic rings. The molecule has 3 rings (SSSR count). The number of aryl methyl sites for hydroxylation is 1. The molecule has 2 aromatic heterocycles. The lowest BCUT2D eigenvalue weighted by molar-refractivity contribution is 0.381. The maximum atomic E-state index is 4.65. The van der Waals surface area contributed by atoms with Gasteiger partial charge in [-0.05, 0) is 51.3 Å². The van der Waals surface area contributed by atoms with Gasteiger partial charge in [0.2, 0.25) is 5.95 Å². The Balaban J connectivity index is 1.73. The Morgan fingerprint density at radius 1 is 1.21 bits per heavy atom. The van der Waals surface area contributed by atoms with E-state index in [0.29, 0.717) is 5.95 Å². The lowest BCUT2D eigenvalue weighted by Crippen LogP contribution is -2.15. The second-order valence-electron chi connectivity index (χ2n) is 5.96. The lowest BCUT2D eigenvalue weighted by Gasteiger charge is -2.08. The molecule has 0 bridgehead atoms. The van der Waals surface area contributed by atoms with E-state index in [0.717, 1.165) is 41.9 Å². The van der Waals surface area contributed by atoms with Crippen LogP contribution in [0.1, 0.15) is 6.42 Å². The normalized spacial score (nSPS) is 11.2. The monoisotopic (exact) mass is 325 g/mol. The van der Waals surface area contributed by atoms with Gasteiger partial charge in [0.25, 0.3) is 0 Å². The summed E-state index contributed by atoms with van der Waals surface area (Å²) in [6.45, 7) is 1.98. The van der Waals surface area contributed by atoms with Crippen molar-refractivity contribution in [1.82, 2.24) is 24.6 Å². The predicted molar refractivity (Wildman–Crippen MR) is 97.8 cm³/mol. The number of anilines is 3. The summed E-state index contributed by atoms with van der Waals surface area (Å²) in [4.78, 5) is 10.8. The van der Waals surface area contributed by atoms with Crippen molar-refractivity contribution >= 4 is 28.4 Å². The minimum absolute atomic E-state index is 0.562. The fourth-order valence-corrected chi connectivity index (χ4v) is 2.50. The van der Waals surface area contributed by atoms with Gasteiger partial charge in [-0.1, -0.05) is 0 Å². The van der Waals surface area contributed by atoms with Gasteiger partial charge < -0.3 is 15.5 Å². The minimum Gasteiger partial charge on any atom is -0.373 e. The molecule has 0 saturated heterocycles. The first-order valence-corrected chi connectivity index (χ1v) is 8.04. The third kappa shape index (κ3) is 3.99. The highest BCUT2D eigenvalue weighted by atomic mass is 15.3. The molecule has 0 atom stereocenters. The molecule has 7 heteroatoms. The van der Waals surface area contributed by atoms with Crippen molar-refractivity contribution < 1.29 is 0 Å². The van der Waals surface area contributed by atoms with Gasteiger partial charge in [-0.15, -0.1) is 0 Å². The number of hydrogen-bond acceptors (Lipinski definition) is 6. The van der Waals surface area contributed by atoms with Crippen LogP contribution in [0.25, 0.3) is 10.9 Å². The maximum absolute atomic E-state index is 4.65. The van der Waals surface area contributed by atoms with Crippen LogP contribution in [-0.4, -0.2) is 52.3 Å². The minimum atomic E-state index is 0.562. The predicted octanol–water partition coefficient (Wildman–Crippen LogP) is 2.56. The average Bonchev–Trinajstić information content (AvgIpc) is 2.96. The molecular formula is C17H23N7. The van der Waals surface area contributed by atoms with Crippen molar-refractivity contribution in [2.75, 3.05) is 38.3 Å². The third-order valence-corrected chi connectivity index (χ3v) is 3.72. The zero-order chi connectivity index (χ0) is 16.9. The van der Waals surface area contributed by atoms with Crippen LogP contribution in [0.3, 0.4) is 0 Å². The van der Waals surface area contributed by atoms with E-state index in [1.165, 1.54) is 0 Å². The van der Waals surface area contributed by atoms with Crippen molar-refractivity contribution in [3.8, 4) is 0 Å². The summed E-state index contributed by atoms with van der Waals surface area (Å²) in [5.74, 6) is 1.34. The molecule has 7 nitrogen and oxygen atoms in total. The van der Waals surface area contributed by atoms with E-state index in [1.54, 1.807) is 6.20 Å². The van der Waals surface area contributed by atoms with Gasteiger partial charge in [-0.3, -0.25) is 4.68 Å². The number of fused-ring (bicyclic) bond motifs is 1. The van der Waals surface area contributed by atoms with E-state index >= 15 is 0 Å². The lowest BCUT2D eigenvalue weighted by atomic mass is 10.2. The van der Waals surface area contributed by atoms with Gasteiger partial charge in [0.15, 0.2) is 0 Å². The van der Waals surface area contributed by atoms with E-state index in [-0.39, 0.29) is 0 Å². The molecule has 0 radical (unpaired) electrons. The van der Waals surface area contributed by atoms with E-state index in [1.807, 2.05) is 29.9 Å². The standard InChI is InChI=1S/C17H23N7/c1-18-16-7-8-19-17(21-16)20-14-6-5-13-12-24(22-15(13)11-14)10-4-9-23(2)3/h5-8,11-12H,4,9-10H2,1-3H3,(H2,18,19,20,21). The smallest absolute Gasteiger partial charge is 0.229 e.